The molecule has 0 spiro atoms. The summed E-state index contributed by atoms with van der Waals surface area (Å²) in [6.07, 6.45) is 3.48. The van der Waals surface area contributed by atoms with Gasteiger partial charge in [-0.2, -0.15) is 0 Å². The Hall–Kier alpha value is -1.63. The van der Waals surface area contributed by atoms with E-state index in [9.17, 15) is 10.1 Å². The molecule has 1 unspecified atom stereocenters. The van der Waals surface area contributed by atoms with Crippen molar-refractivity contribution in [2.45, 2.75) is 26.2 Å². The maximum Gasteiger partial charge on any atom is 0.406 e. The van der Waals surface area contributed by atoms with E-state index >= 15 is 0 Å². The van der Waals surface area contributed by atoms with Crippen molar-refractivity contribution in [3.63, 3.8) is 0 Å². The average molecular weight is 267 g/mol. The van der Waals surface area contributed by atoms with E-state index in [-0.39, 0.29) is 5.82 Å². The Balaban J connectivity index is 1.93. The van der Waals surface area contributed by atoms with Crippen molar-refractivity contribution >= 4 is 11.6 Å². The number of aromatic nitrogens is 2. The molecule has 7 nitrogen and oxygen atoms in total. The minimum absolute atomic E-state index is 0.0817. The van der Waals surface area contributed by atoms with Gasteiger partial charge in [0.15, 0.2) is 0 Å². The minimum atomic E-state index is -0.433. The van der Waals surface area contributed by atoms with Gasteiger partial charge in [-0.1, -0.05) is 0 Å². The van der Waals surface area contributed by atoms with E-state index in [2.05, 4.69) is 15.6 Å². The van der Waals surface area contributed by atoms with Crippen LogP contribution in [0.4, 0.5) is 11.6 Å². The molecule has 1 saturated heterocycles. The van der Waals surface area contributed by atoms with E-state index in [0.29, 0.717) is 17.6 Å². The van der Waals surface area contributed by atoms with Crippen LogP contribution in [0.3, 0.4) is 0 Å². The maximum atomic E-state index is 10.9. The summed E-state index contributed by atoms with van der Waals surface area (Å²) in [6.45, 7) is 4.67. The number of hydrogen-bond acceptors (Lipinski definition) is 5. The predicted molar refractivity (Wildman–Crippen MR) is 73.3 cm³/mol. The second-order valence-corrected chi connectivity index (χ2v) is 5.08. The molecule has 0 aliphatic carbocycles. The zero-order chi connectivity index (χ0) is 13.8. The molecular weight excluding hydrogens is 246 g/mol. The van der Waals surface area contributed by atoms with Crippen LogP contribution in [0.2, 0.25) is 0 Å². The molecule has 1 fully saturated rings. The molecule has 1 atom stereocenters. The molecule has 7 heteroatoms. The van der Waals surface area contributed by atoms with Crippen LogP contribution in [0.15, 0.2) is 0 Å². The van der Waals surface area contributed by atoms with Gasteiger partial charge in [0.05, 0.1) is 0 Å². The van der Waals surface area contributed by atoms with Crippen LogP contribution in [-0.2, 0) is 7.05 Å². The fourth-order valence-electron chi connectivity index (χ4n) is 2.48. The van der Waals surface area contributed by atoms with Gasteiger partial charge in [0.25, 0.3) is 0 Å². The molecule has 0 radical (unpaired) electrons. The van der Waals surface area contributed by atoms with Gasteiger partial charge >= 0.3 is 5.82 Å². The molecular formula is C12H21N5O2. The molecule has 1 aliphatic heterocycles. The predicted octanol–water partition coefficient (Wildman–Crippen LogP) is 1.44. The zero-order valence-electron chi connectivity index (χ0n) is 11.5. The van der Waals surface area contributed by atoms with Gasteiger partial charge < -0.3 is 20.7 Å². The van der Waals surface area contributed by atoms with Crippen molar-refractivity contribution in [3.05, 3.63) is 15.9 Å². The fourth-order valence-corrected chi connectivity index (χ4v) is 2.48. The molecule has 0 bridgehead atoms. The highest BCUT2D eigenvalue weighted by Gasteiger charge is 2.23. The van der Waals surface area contributed by atoms with E-state index < -0.39 is 4.92 Å². The molecule has 0 aromatic carbocycles. The highest BCUT2D eigenvalue weighted by molar-refractivity contribution is 5.53. The summed E-state index contributed by atoms with van der Waals surface area (Å²) in [5.74, 6) is 1.73. The number of anilines is 1. The van der Waals surface area contributed by atoms with Gasteiger partial charge in [-0.15, -0.1) is 0 Å². The minimum Gasteiger partial charge on any atom is -0.364 e. The number of imidazole rings is 1. The monoisotopic (exact) mass is 267 g/mol. The van der Waals surface area contributed by atoms with Crippen LogP contribution in [0.25, 0.3) is 0 Å². The van der Waals surface area contributed by atoms with Crippen LogP contribution >= 0.6 is 0 Å². The maximum absolute atomic E-state index is 10.9. The quantitative estimate of drug-likeness (QED) is 0.623. The topological polar surface area (TPSA) is 85.0 Å². The number of rotatable bonds is 5. The molecule has 1 aromatic rings. The first-order valence-electron chi connectivity index (χ1n) is 6.72. The fraction of sp³-hybridized carbons (Fsp3) is 0.750. The number of nitrogens with zero attached hydrogens (tertiary/aromatic N) is 3. The summed E-state index contributed by atoms with van der Waals surface area (Å²) >= 11 is 0. The van der Waals surface area contributed by atoms with Crippen LogP contribution in [0.1, 0.15) is 25.1 Å². The first kappa shape index (κ1) is 13.8. The van der Waals surface area contributed by atoms with Crippen LogP contribution < -0.4 is 10.6 Å². The Morgan fingerprint density at radius 1 is 1.63 bits per heavy atom. The second kappa shape index (κ2) is 6.01. The molecule has 1 aliphatic rings. The molecule has 2 N–H and O–H groups in total. The van der Waals surface area contributed by atoms with Crippen molar-refractivity contribution in [3.8, 4) is 0 Å². The third-order valence-corrected chi connectivity index (χ3v) is 3.72. The summed E-state index contributed by atoms with van der Waals surface area (Å²) in [5.41, 5.74) is 0. The van der Waals surface area contributed by atoms with Crippen LogP contribution in [0, 0.1) is 23.0 Å². The third-order valence-electron chi connectivity index (χ3n) is 3.72. The van der Waals surface area contributed by atoms with E-state index in [1.807, 2.05) is 0 Å². The van der Waals surface area contributed by atoms with Crippen LogP contribution in [0.5, 0.6) is 0 Å². The lowest BCUT2D eigenvalue weighted by atomic mass is 9.96. The van der Waals surface area contributed by atoms with Gasteiger partial charge in [0.2, 0.25) is 11.6 Å². The lowest BCUT2D eigenvalue weighted by Gasteiger charge is -2.22. The Morgan fingerprint density at radius 2 is 2.42 bits per heavy atom. The summed E-state index contributed by atoms with van der Waals surface area (Å²) in [6, 6.07) is 0. The van der Waals surface area contributed by atoms with Crippen molar-refractivity contribution in [1.29, 1.82) is 0 Å². The van der Waals surface area contributed by atoms with Crippen molar-refractivity contribution in [1.82, 2.24) is 14.9 Å². The highest BCUT2D eigenvalue weighted by atomic mass is 16.6. The molecule has 2 heterocycles. The number of aryl methyl sites for hydroxylation is 1. The number of nitrogens with one attached hydrogen (secondary N) is 2. The summed E-state index contributed by atoms with van der Waals surface area (Å²) in [4.78, 5) is 14.5. The number of nitro groups is 1. The van der Waals surface area contributed by atoms with Gasteiger partial charge in [0, 0.05) is 20.5 Å². The lowest BCUT2D eigenvalue weighted by molar-refractivity contribution is -0.388. The largest absolute Gasteiger partial charge is 0.406 e. The number of hydrogen-bond donors (Lipinski definition) is 2. The molecule has 1 aromatic heterocycles. The Bertz CT molecular complexity index is 451. The molecule has 0 amide bonds. The Kier molecular flexibility index (Phi) is 4.36. The van der Waals surface area contributed by atoms with Gasteiger partial charge in [-0.05, 0) is 48.2 Å². The third kappa shape index (κ3) is 3.23. The molecule has 2 rings (SSSR count). The van der Waals surface area contributed by atoms with Crippen molar-refractivity contribution in [2.24, 2.45) is 13.0 Å². The van der Waals surface area contributed by atoms with Gasteiger partial charge in [0.1, 0.15) is 0 Å². The van der Waals surface area contributed by atoms with Crippen molar-refractivity contribution < 1.29 is 4.92 Å². The SMILES string of the molecule is Cc1nc([N+](=O)[O-])c(NCCC2CCCNC2)n1C. The van der Waals surface area contributed by atoms with E-state index in [1.54, 1.807) is 18.5 Å². The first-order valence-corrected chi connectivity index (χ1v) is 6.72. The highest BCUT2D eigenvalue weighted by Crippen LogP contribution is 2.24. The number of piperidine rings is 1. The van der Waals surface area contributed by atoms with Gasteiger partial charge in [-0.3, -0.25) is 4.57 Å². The Labute approximate surface area is 112 Å². The normalized spacial score (nSPS) is 19.4. The summed E-state index contributed by atoms with van der Waals surface area (Å²) in [7, 11) is 1.79. The Morgan fingerprint density at radius 3 is 3.05 bits per heavy atom. The molecule has 19 heavy (non-hydrogen) atoms. The van der Waals surface area contributed by atoms with E-state index in [4.69, 9.17) is 0 Å². The lowest BCUT2D eigenvalue weighted by Crippen LogP contribution is -2.30. The zero-order valence-corrected chi connectivity index (χ0v) is 11.5. The molecule has 0 saturated carbocycles. The van der Waals surface area contributed by atoms with E-state index in [1.165, 1.54) is 12.8 Å². The second-order valence-electron chi connectivity index (χ2n) is 5.08. The van der Waals surface area contributed by atoms with Gasteiger partial charge in [-0.25, -0.2) is 0 Å². The molecule has 106 valence electrons. The van der Waals surface area contributed by atoms with Crippen LogP contribution in [-0.4, -0.2) is 34.1 Å². The van der Waals surface area contributed by atoms with Crippen molar-refractivity contribution in [2.75, 3.05) is 25.0 Å². The average Bonchev–Trinajstić information content (AvgIpc) is 2.68. The standard InChI is InChI=1S/C12H21N5O2/c1-9-15-12(17(18)19)11(16(9)2)14-7-5-10-4-3-6-13-8-10/h10,13-14H,3-8H2,1-2H3. The first-order chi connectivity index (χ1) is 9.09. The smallest absolute Gasteiger partial charge is 0.364 e. The van der Waals surface area contributed by atoms with E-state index in [0.717, 1.165) is 26.1 Å². The summed E-state index contributed by atoms with van der Waals surface area (Å²) < 4.78 is 1.73. The summed E-state index contributed by atoms with van der Waals surface area (Å²) in [5, 5.41) is 17.5.